The van der Waals surface area contributed by atoms with Gasteiger partial charge in [-0.1, -0.05) is 13.8 Å². The molecule has 2 N–H and O–H groups in total. The Morgan fingerprint density at radius 3 is 1.75 bits per heavy atom. The van der Waals surface area contributed by atoms with E-state index in [0.717, 1.165) is 38.6 Å². The van der Waals surface area contributed by atoms with E-state index in [1.54, 1.807) is 0 Å². The van der Waals surface area contributed by atoms with Crippen LogP contribution in [0.2, 0.25) is 39.3 Å². The van der Waals surface area contributed by atoms with Gasteiger partial charge < -0.3 is 24.1 Å². The lowest BCUT2D eigenvalue weighted by atomic mass is 10.6. The lowest BCUT2D eigenvalue weighted by Crippen LogP contribution is -2.54. The Morgan fingerprint density at radius 1 is 1.00 bits per heavy atom. The average molecular weight is 394 g/mol. The second-order valence-electron chi connectivity index (χ2n) is 8.53. The molecule has 5 nitrogen and oxygen atoms in total. The van der Waals surface area contributed by atoms with Gasteiger partial charge in [0.15, 0.2) is 25.0 Å². The number of rotatable bonds is 8. The van der Waals surface area contributed by atoms with Gasteiger partial charge in [0.1, 0.15) is 0 Å². The van der Waals surface area contributed by atoms with Crippen molar-refractivity contribution in [1.82, 2.24) is 15.5 Å². The molecule has 0 unspecified atom stereocenters. The highest BCUT2D eigenvalue weighted by Gasteiger charge is 2.32. The first-order valence-electron chi connectivity index (χ1n) is 9.37. The van der Waals surface area contributed by atoms with E-state index in [-0.39, 0.29) is 0 Å². The molecule has 1 fully saturated rings. The molecule has 0 radical (unpaired) electrons. The lowest BCUT2D eigenvalue weighted by Gasteiger charge is -2.34. The zero-order valence-electron chi connectivity index (χ0n) is 17.7. The van der Waals surface area contributed by atoms with Gasteiger partial charge in [0.2, 0.25) is 0 Å². The maximum atomic E-state index is 6.38. The van der Waals surface area contributed by atoms with Crippen LogP contribution in [0, 0.1) is 0 Å². The SMILES string of the molecule is CCNC[Si](C)(C)O[Si](C)(C)CNCC.CN1CCO[Si](C)(C)C1. The van der Waals surface area contributed by atoms with Crippen molar-refractivity contribution in [2.24, 2.45) is 0 Å². The molecule has 0 aromatic rings. The van der Waals surface area contributed by atoms with Crippen molar-refractivity contribution in [2.45, 2.75) is 53.1 Å². The van der Waals surface area contributed by atoms with Gasteiger partial charge in [0.25, 0.3) is 0 Å². The Labute approximate surface area is 154 Å². The van der Waals surface area contributed by atoms with Crippen molar-refractivity contribution in [3.05, 3.63) is 0 Å². The van der Waals surface area contributed by atoms with Crippen LogP contribution < -0.4 is 10.6 Å². The quantitative estimate of drug-likeness (QED) is 0.620. The minimum Gasteiger partial charge on any atom is -0.454 e. The average Bonchev–Trinajstić information content (AvgIpc) is 2.41. The first kappa shape index (κ1) is 24.5. The standard InChI is InChI=1S/C10H28N2OSi2.C6H15NOSi/c1-7-11-9-14(3,4)13-15(5,6)10-12-8-2;1-7-4-5-8-9(2,3)6-7/h11-12H,7-10H2,1-6H3;4-6H2,1-3H3. The van der Waals surface area contributed by atoms with Crippen LogP contribution in [-0.4, -0.2) is 81.6 Å². The van der Waals surface area contributed by atoms with Crippen LogP contribution in [0.1, 0.15) is 13.8 Å². The van der Waals surface area contributed by atoms with E-state index in [1.165, 1.54) is 6.17 Å². The van der Waals surface area contributed by atoms with E-state index in [2.05, 4.69) is 75.7 Å². The van der Waals surface area contributed by atoms with Crippen molar-refractivity contribution in [2.75, 3.05) is 51.8 Å². The van der Waals surface area contributed by atoms with Gasteiger partial charge in [0.05, 0.1) is 0 Å². The molecule has 1 aliphatic rings. The fourth-order valence-electron chi connectivity index (χ4n) is 2.92. The summed E-state index contributed by atoms with van der Waals surface area (Å²) in [7, 11) is -2.06. The molecule has 0 amide bonds. The van der Waals surface area contributed by atoms with E-state index >= 15 is 0 Å². The highest BCUT2D eigenvalue weighted by Crippen LogP contribution is 2.13. The Bertz CT molecular complexity index is 325. The van der Waals surface area contributed by atoms with E-state index in [1.807, 2.05) is 0 Å². The smallest absolute Gasteiger partial charge is 0.200 e. The fraction of sp³-hybridized carbons (Fsp3) is 1.00. The third-order valence-corrected chi connectivity index (χ3v) is 12.7. The predicted octanol–water partition coefficient (Wildman–Crippen LogP) is 2.40. The Balaban J connectivity index is 0.000000496. The summed E-state index contributed by atoms with van der Waals surface area (Å²) in [6.07, 6.45) is 3.31. The minimum atomic E-state index is -1.50. The molecule has 146 valence electrons. The minimum absolute atomic E-state index is 0.940. The maximum Gasteiger partial charge on any atom is 0.200 e. The molecule has 0 aromatic heterocycles. The molecule has 1 rings (SSSR count). The van der Waals surface area contributed by atoms with Gasteiger partial charge in [-0.05, 0) is 59.4 Å². The molecular weight excluding hydrogens is 350 g/mol. The van der Waals surface area contributed by atoms with Crippen molar-refractivity contribution < 1.29 is 8.54 Å². The lowest BCUT2D eigenvalue weighted by molar-refractivity contribution is 0.196. The summed E-state index contributed by atoms with van der Waals surface area (Å²) in [6.45, 7) is 22.2. The summed E-state index contributed by atoms with van der Waals surface area (Å²) >= 11 is 0. The monoisotopic (exact) mass is 393 g/mol. The van der Waals surface area contributed by atoms with E-state index in [4.69, 9.17) is 8.54 Å². The largest absolute Gasteiger partial charge is 0.454 e. The van der Waals surface area contributed by atoms with Crippen LogP contribution in [0.5, 0.6) is 0 Å². The molecule has 1 saturated heterocycles. The number of likely N-dealkylation sites (N-methyl/N-ethyl adjacent to an activating group) is 1. The Morgan fingerprint density at radius 2 is 1.46 bits per heavy atom. The Hall–Kier alpha value is 0.451. The van der Waals surface area contributed by atoms with Crippen molar-refractivity contribution in [3.63, 3.8) is 0 Å². The maximum absolute atomic E-state index is 6.38. The molecule has 0 spiro atoms. The Kier molecular flexibility index (Phi) is 11.4. The molecule has 0 aromatic carbocycles. The zero-order chi connectivity index (χ0) is 18.9. The molecule has 0 atom stereocenters. The first-order valence-corrected chi connectivity index (χ1v) is 18.7. The number of nitrogens with zero attached hydrogens (tertiary/aromatic N) is 1. The van der Waals surface area contributed by atoms with Crippen LogP contribution >= 0.6 is 0 Å². The van der Waals surface area contributed by atoms with Crippen LogP contribution in [0.4, 0.5) is 0 Å². The van der Waals surface area contributed by atoms with Crippen molar-refractivity contribution >= 4 is 25.0 Å². The van der Waals surface area contributed by atoms with Gasteiger partial charge >= 0.3 is 0 Å². The third kappa shape index (κ3) is 12.8. The third-order valence-electron chi connectivity index (χ3n) is 3.77. The molecule has 0 saturated carbocycles. The zero-order valence-corrected chi connectivity index (χ0v) is 20.7. The summed E-state index contributed by atoms with van der Waals surface area (Å²) in [5.41, 5.74) is 0. The first-order chi connectivity index (χ1) is 10.9. The number of hydrogen-bond donors (Lipinski definition) is 2. The fourth-order valence-corrected chi connectivity index (χ4v) is 13.4. The summed E-state index contributed by atoms with van der Waals surface area (Å²) < 4.78 is 12.0. The second kappa shape index (κ2) is 11.2. The van der Waals surface area contributed by atoms with Crippen LogP contribution in [0.25, 0.3) is 0 Å². The van der Waals surface area contributed by atoms with E-state index < -0.39 is 25.0 Å². The highest BCUT2D eigenvalue weighted by molar-refractivity contribution is 6.85. The predicted molar refractivity (Wildman–Crippen MR) is 114 cm³/mol. The molecule has 0 aliphatic carbocycles. The van der Waals surface area contributed by atoms with Gasteiger partial charge in [-0.2, -0.15) is 0 Å². The van der Waals surface area contributed by atoms with E-state index in [9.17, 15) is 0 Å². The highest BCUT2D eigenvalue weighted by atomic mass is 28.4. The summed E-state index contributed by atoms with van der Waals surface area (Å²) in [4.78, 5) is 2.36. The summed E-state index contributed by atoms with van der Waals surface area (Å²) in [5.74, 6) is 0. The van der Waals surface area contributed by atoms with Gasteiger partial charge in [-0.25, -0.2) is 0 Å². The molecule has 1 aliphatic heterocycles. The van der Waals surface area contributed by atoms with Crippen LogP contribution in [0.15, 0.2) is 0 Å². The van der Waals surface area contributed by atoms with Gasteiger partial charge in [-0.15, -0.1) is 0 Å². The van der Waals surface area contributed by atoms with Gasteiger partial charge in [0, 0.05) is 31.7 Å². The topological polar surface area (TPSA) is 45.8 Å². The number of nitrogens with one attached hydrogen (secondary N) is 2. The normalized spacial score (nSPS) is 18.9. The molecular formula is C16H43N3O2Si3. The molecule has 0 bridgehead atoms. The molecule has 8 heteroatoms. The number of hydrogen-bond acceptors (Lipinski definition) is 5. The molecule has 24 heavy (non-hydrogen) atoms. The van der Waals surface area contributed by atoms with Gasteiger partial charge in [-0.3, -0.25) is 0 Å². The van der Waals surface area contributed by atoms with Crippen LogP contribution in [-0.2, 0) is 8.54 Å². The van der Waals surface area contributed by atoms with E-state index in [0.29, 0.717) is 0 Å². The van der Waals surface area contributed by atoms with Crippen LogP contribution in [0.3, 0.4) is 0 Å². The van der Waals surface area contributed by atoms with Crippen molar-refractivity contribution in [3.8, 4) is 0 Å². The second-order valence-corrected chi connectivity index (χ2v) is 21.2. The summed E-state index contributed by atoms with van der Waals surface area (Å²) in [6, 6.07) is 0. The van der Waals surface area contributed by atoms with Crippen molar-refractivity contribution in [1.29, 1.82) is 0 Å². The summed E-state index contributed by atoms with van der Waals surface area (Å²) in [5, 5.41) is 6.81. The molecule has 1 heterocycles.